The SMILES string of the molecule is CC(C)(C)OC(=O)CC1CS[C@@H]2[C@H](NC(=O)COc3ccccc3)C(=O)N2C1(O)C(=O)O. The Balaban J connectivity index is 1.64. The molecule has 0 spiro atoms. The number of esters is 1. The van der Waals surface area contributed by atoms with Crippen molar-refractivity contribution < 1.29 is 38.9 Å². The maximum atomic E-state index is 12.7. The van der Waals surface area contributed by atoms with Crippen LogP contribution < -0.4 is 10.1 Å². The van der Waals surface area contributed by atoms with Gasteiger partial charge in [-0.3, -0.25) is 19.3 Å². The summed E-state index contributed by atoms with van der Waals surface area (Å²) in [5.41, 5.74) is -3.35. The van der Waals surface area contributed by atoms with E-state index < -0.39 is 52.4 Å². The number of nitrogens with one attached hydrogen (secondary N) is 1. The Morgan fingerprint density at radius 3 is 2.50 bits per heavy atom. The lowest BCUT2D eigenvalue weighted by molar-refractivity contribution is -0.219. The Labute approximate surface area is 189 Å². The van der Waals surface area contributed by atoms with Crippen molar-refractivity contribution in [1.29, 1.82) is 0 Å². The number of rotatable bonds is 7. The lowest BCUT2D eigenvalue weighted by Gasteiger charge is -2.57. The summed E-state index contributed by atoms with van der Waals surface area (Å²) < 4.78 is 10.6. The fraction of sp³-hybridized carbons (Fsp3) is 0.524. The topological polar surface area (TPSA) is 142 Å². The van der Waals surface area contributed by atoms with Crippen LogP contribution in [0.25, 0.3) is 0 Å². The number of carbonyl (C=O) groups excluding carboxylic acids is 3. The molecule has 2 unspecified atom stereocenters. The van der Waals surface area contributed by atoms with Crippen molar-refractivity contribution in [2.75, 3.05) is 12.4 Å². The third kappa shape index (κ3) is 4.83. The number of carbonyl (C=O) groups is 4. The van der Waals surface area contributed by atoms with Crippen molar-refractivity contribution in [2.45, 2.75) is 49.9 Å². The third-order valence-electron chi connectivity index (χ3n) is 5.03. The van der Waals surface area contributed by atoms with E-state index in [-0.39, 0.29) is 18.8 Å². The summed E-state index contributed by atoms with van der Waals surface area (Å²) in [6.07, 6.45) is -0.370. The van der Waals surface area contributed by atoms with Crippen LogP contribution in [-0.2, 0) is 23.9 Å². The number of hydrogen-bond donors (Lipinski definition) is 3. The predicted octanol–water partition coefficient (Wildman–Crippen LogP) is 0.587. The van der Waals surface area contributed by atoms with Crippen LogP contribution in [0.3, 0.4) is 0 Å². The van der Waals surface area contributed by atoms with Gasteiger partial charge in [0.2, 0.25) is 5.72 Å². The molecule has 2 amide bonds. The minimum Gasteiger partial charge on any atom is -0.484 e. The maximum Gasteiger partial charge on any atom is 0.357 e. The molecule has 0 bridgehead atoms. The quantitative estimate of drug-likeness (QED) is 0.389. The van der Waals surface area contributed by atoms with Crippen molar-refractivity contribution in [3.63, 3.8) is 0 Å². The van der Waals surface area contributed by atoms with Crippen LogP contribution in [-0.4, -0.2) is 74.0 Å². The average Bonchev–Trinajstić information content (AvgIpc) is 2.70. The Morgan fingerprint density at radius 1 is 1.25 bits per heavy atom. The van der Waals surface area contributed by atoms with Gasteiger partial charge in [-0.2, -0.15) is 0 Å². The second-order valence-corrected chi connectivity index (χ2v) is 9.75. The summed E-state index contributed by atoms with van der Waals surface area (Å²) in [7, 11) is 0. The highest BCUT2D eigenvalue weighted by Gasteiger charge is 2.66. The number of benzene rings is 1. The van der Waals surface area contributed by atoms with Crippen LogP contribution in [0, 0.1) is 5.92 Å². The number of aliphatic carboxylic acids is 1. The number of nitrogens with zero attached hydrogens (tertiary/aromatic N) is 1. The molecule has 3 rings (SSSR count). The van der Waals surface area contributed by atoms with Crippen LogP contribution in [0.5, 0.6) is 5.75 Å². The summed E-state index contributed by atoms with van der Waals surface area (Å²) in [6, 6.07) is 7.66. The molecule has 1 aromatic rings. The van der Waals surface area contributed by atoms with E-state index in [0.717, 1.165) is 4.90 Å². The molecule has 2 aliphatic heterocycles. The van der Waals surface area contributed by atoms with Gasteiger partial charge in [-0.15, -0.1) is 11.8 Å². The molecular formula is C21H26N2O8S. The van der Waals surface area contributed by atoms with E-state index >= 15 is 0 Å². The van der Waals surface area contributed by atoms with E-state index in [1.54, 1.807) is 51.1 Å². The van der Waals surface area contributed by atoms with E-state index in [2.05, 4.69) is 5.32 Å². The molecule has 2 heterocycles. The fourth-order valence-corrected chi connectivity index (χ4v) is 5.17. The number of aliphatic hydroxyl groups is 1. The molecule has 2 fully saturated rings. The van der Waals surface area contributed by atoms with E-state index in [1.165, 1.54) is 11.8 Å². The molecule has 32 heavy (non-hydrogen) atoms. The largest absolute Gasteiger partial charge is 0.484 e. The lowest BCUT2D eigenvalue weighted by atomic mass is 9.87. The zero-order chi connectivity index (χ0) is 23.7. The first-order chi connectivity index (χ1) is 14.9. The Kier molecular flexibility index (Phi) is 6.70. The number of carboxylic acids is 1. The van der Waals surface area contributed by atoms with Crippen LogP contribution in [0.2, 0.25) is 0 Å². The minimum atomic E-state index is -2.58. The molecule has 1 aromatic carbocycles. The summed E-state index contributed by atoms with van der Waals surface area (Å²) >= 11 is 1.19. The van der Waals surface area contributed by atoms with E-state index in [1.807, 2.05) is 0 Å². The number of carboxylic acid groups (broad SMARTS) is 1. The first-order valence-electron chi connectivity index (χ1n) is 10.0. The number of fused-ring (bicyclic) bond motifs is 1. The Bertz CT molecular complexity index is 903. The first-order valence-corrected chi connectivity index (χ1v) is 11.1. The third-order valence-corrected chi connectivity index (χ3v) is 6.44. The fourth-order valence-electron chi connectivity index (χ4n) is 3.60. The van der Waals surface area contributed by atoms with Gasteiger partial charge in [0, 0.05) is 11.7 Å². The summed E-state index contributed by atoms with van der Waals surface area (Å²) in [5.74, 6) is -4.10. The molecule has 0 radical (unpaired) electrons. The normalized spacial score (nSPS) is 27.1. The van der Waals surface area contributed by atoms with Gasteiger partial charge in [0.05, 0.1) is 6.42 Å². The smallest absolute Gasteiger partial charge is 0.357 e. The van der Waals surface area contributed by atoms with E-state index in [4.69, 9.17) is 9.47 Å². The summed E-state index contributed by atoms with van der Waals surface area (Å²) in [4.78, 5) is 49.9. The molecule has 174 valence electrons. The molecule has 4 atom stereocenters. The van der Waals surface area contributed by atoms with Crippen molar-refractivity contribution in [3.05, 3.63) is 30.3 Å². The van der Waals surface area contributed by atoms with Crippen LogP contribution in [0.15, 0.2) is 30.3 Å². The van der Waals surface area contributed by atoms with Crippen LogP contribution in [0.4, 0.5) is 0 Å². The number of amides is 2. The zero-order valence-electron chi connectivity index (χ0n) is 17.9. The van der Waals surface area contributed by atoms with Crippen LogP contribution >= 0.6 is 11.8 Å². The van der Waals surface area contributed by atoms with Gasteiger partial charge in [-0.1, -0.05) is 18.2 Å². The second-order valence-electron chi connectivity index (χ2n) is 8.60. The van der Waals surface area contributed by atoms with Gasteiger partial charge in [0.25, 0.3) is 11.8 Å². The van der Waals surface area contributed by atoms with Gasteiger partial charge in [-0.05, 0) is 32.9 Å². The number of thioether (sulfide) groups is 1. The second kappa shape index (κ2) is 8.99. The zero-order valence-corrected chi connectivity index (χ0v) is 18.8. The highest BCUT2D eigenvalue weighted by molar-refractivity contribution is 8.00. The lowest BCUT2D eigenvalue weighted by Crippen LogP contribution is -2.81. The van der Waals surface area contributed by atoms with Gasteiger partial charge in [0.1, 0.15) is 22.8 Å². The Hall–Kier alpha value is -2.79. The van der Waals surface area contributed by atoms with Crippen molar-refractivity contribution in [2.24, 2.45) is 5.92 Å². The van der Waals surface area contributed by atoms with Gasteiger partial charge in [0.15, 0.2) is 6.61 Å². The monoisotopic (exact) mass is 466 g/mol. The van der Waals surface area contributed by atoms with Gasteiger partial charge < -0.3 is 25.0 Å². The molecule has 0 aliphatic carbocycles. The van der Waals surface area contributed by atoms with Crippen molar-refractivity contribution in [1.82, 2.24) is 10.2 Å². The van der Waals surface area contributed by atoms with Crippen molar-refractivity contribution >= 4 is 35.5 Å². The molecule has 0 saturated carbocycles. The Morgan fingerprint density at radius 2 is 1.91 bits per heavy atom. The van der Waals surface area contributed by atoms with Crippen molar-refractivity contribution in [3.8, 4) is 5.75 Å². The van der Waals surface area contributed by atoms with Crippen LogP contribution in [0.1, 0.15) is 27.2 Å². The first kappa shape index (κ1) is 23.9. The minimum absolute atomic E-state index is 0.0867. The average molecular weight is 467 g/mol. The van der Waals surface area contributed by atoms with E-state index in [0.29, 0.717) is 5.75 Å². The number of β-lactam (4-membered cyclic amide) rings is 1. The van der Waals surface area contributed by atoms with Gasteiger partial charge >= 0.3 is 11.9 Å². The highest BCUT2D eigenvalue weighted by atomic mass is 32.2. The van der Waals surface area contributed by atoms with Gasteiger partial charge in [-0.25, -0.2) is 4.79 Å². The van der Waals surface area contributed by atoms with E-state index in [9.17, 15) is 29.4 Å². The molecule has 3 N–H and O–H groups in total. The standard InChI is InChI=1S/C21H26N2O8S/c1-20(2,3)31-15(25)9-12-11-32-18-16(17(26)23(18)21(12,29)19(27)28)22-14(24)10-30-13-7-5-4-6-8-13/h4-8,12,16,18,29H,9-11H2,1-3H3,(H,22,24)(H,27,28)/t12?,16-,18-,21?/m1/s1. The molecule has 0 aromatic heterocycles. The maximum absolute atomic E-state index is 12.7. The number of ether oxygens (including phenoxy) is 2. The number of para-hydroxylation sites is 1. The highest BCUT2D eigenvalue weighted by Crippen LogP contribution is 2.46. The molecule has 11 heteroatoms. The predicted molar refractivity (Wildman–Crippen MR) is 113 cm³/mol. The molecule has 2 aliphatic rings. The molecule has 10 nitrogen and oxygen atoms in total. The summed E-state index contributed by atoms with van der Waals surface area (Å²) in [5, 5.41) is 22.4. The molecular weight excluding hydrogens is 440 g/mol. The summed E-state index contributed by atoms with van der Waals surface area (Å²) in [6.45, 7) is 4.70. The number of hydrogen-bond acceptors (Lipinski definition) is 8. The molecule has 2 saturated heterocycles.